The highest BCUT2D eigenvalue weighted by Gasteiger charge is 2.34. The summed E-state index contributed by atoms with van der Waals surface area (Å²) in [5.74, 6) is -2.85. The summed E-state index contributed by atoms with van der Waals surface area (Å²) in [6.45, 7) is 1.79. The molecule has 13 heteroatoms. The van der Waals surface area contributed by atoms with Gasteiger partial charge in [0, 0.05) is 12.6 Å². The standard InChI is InChI=1S/C25H27FN4O7S/c1-3-4-19(14-5-7-18(24(32)33)20(11-14)30(35)36)28-25(34)29-13-22(38)27-12-16(23(29)31)9-15-10-17(26)6-8-21(15)37-2/h5-8,10-11,16,19H,3-4,9,12-13H2,1-2H3,(H,27,38)(H,28,34)(H,32,33)/t16-,19-/m1/s1. The van der Waals surface area contributed by atoms with E-state index in [0.717, 1.165) is 17.0 Å². The maximum atomic E-state index is 13.9. The van der Waals surface area contributed by atoms with Crippen molar-refractivity contribution in [3.05, 3.63) is 69.0 Å². The SMILES string of the molecule is CCC[C@@H](NC(=O)N1CC(=S)NC[C@@H](Cc2cc(F)ccc2OC)C1=O)c1ccc(C(=O)O)c([N+](=O)[O-])c1. The van der Waals surface area contributed by atoms with Crippen LogP contribution in [0.3, 0.4) is 0 Å². The molecule has 0 aliphatic carbocycles. The third-order valence-corrected chi connectivity index (χ3v) is 6.42. The minimum atomic E-state index is -1.45. The smallest absolute Gasteiger partial charge is 0.342 e. The number of nitro groups is 1. The van der Waals surface area contributed by atoms with E-state index in [1.54, 1.807) is 0 Å². The predicted octanol–water partition coefficient (Wildman–Crippen LogP) is 3.61. The Labute approximate surface area is 223 Å². The topological polar surface area (TPSA) is 151 Å². The molecule has 1 aliphatic rings. The van der Waals surface area contributed by atoms with Crippen molar-refractivity contribution in [1.82, 2.24) is 15.5 Å². The van der Waals surface area contributed by atoms with Crippen LogP contribution < -0.4 is 15.4 Å². The largest absolute Gasteiger partial charge is 0.496 e. The van der Waals surface area contributed by atoms with Gasteiger partial charge in [0.25, 0.3) is 5.69 Å². The summed E-state index contributed by atoms with van der Waals surface area (Å²) in [6.07, 6.45) is 1.03. The Bertz CT molecular complexity index is 1270. The fourth-order valence-corrected chi connectivity index (χ4v) is 4.47. The van der Waals surface area contributed by atoms with Crippen LogP contribution in [0.1, 0.15) is 47.3 Å². The molecular formula is C25H27FN4O7S. The van der Waals surface area contributed by atoms with Crippen molar-refractivity contribution in [3.63, 3.8) is 0 Å². The maximum Gasteiger partial charge on any atom is 0.342 e. The molecule has 0 spiro atoms. The third kappa shape index (κ3) is 6.59. The fraction of sp³-hybridized carbons (Fsp3) is 0.360. The quantitative estimate of drug-likeness (QED) is 0.243. The molecule has 1 fully saturated rings. The molecule has 1 aliphatic heterocycles. The number of nitro benzene ring substituents is 1. The number of halogens is 1. The highest BCUT2D eigenvalue weighted by atomic mass is 32.1. The van der Waals surface area contributed by atoms with E-state index in [9.17, 15) is 34.0 Å². The Morgan fingerprint density at radius 2 is 2.08 bits per heavy atom. The number of carboxylic acid groups (broad SMARTS) is 1. The number of imide groups is 1. The zero-order valence-electron chi connectivity index (χ0n) is 20.7. The van der Waals surface area contributed by atoms with Crippen LogP contribution in [0.25, 0.3) is 0 Å². The number of hydrogen-bond donors (Lipinski definition) is 3. The van der Waals surface area contributed by atoms with Crippen molar-refractivity contribution in [2.75, 3.05) is 20.2 Å². The molecule has 1 saturated heterocycles. The number of nitrogens with zero attached hydrogens (tertiary/aromatic N) is 2. The number of ether oxygens (including phenoxy) is 1. The van der Waals surface area contributed by atoms with Gasteiger partial charge >= 0.3 is 12.0 Å². The number of amides is 3. The molecule has 0 unspecified atom stereocenters. The number of carbonyl (C=O) groups excluding carboxylic acids is 2. The van der Waals surface area contributed by atoms with Gasteiger partial charge < -0.3 is 20.5 Å². The van der Waals surface area contributed by atoms with E-state index in [1.165, 1.54) is 31.4 Å². The lowest BCUT2D eigenvalue weighted by atomic mass is 9.97. The molecule has 0 aromatic heterocycles. The monoisotopic (exact) mass is 546 g/mol. The van der Waals surface area contributed by atoms with Gasteiger partial charge in [-0.2, -0.15) is 0 Å². The van der Waals surface area contributed by atoms with Gasteiger partial charge in [-0.15, -0.1) is 0 Å². The van der Waals surface area contributed by atoms with Crippen molar-refractivity contribution in [3.8, 4) is 5.75 Å². The van der Waals surface area contributed by atoms with E-state index in [-0.39, 0.29) is 24.5 Å². The number of aromatic carboxylic acids is 1. The van der Waals surface area contributed by atoms with Gasteiger partial charge in [0.1, 0.15) is 17.1 Å². The number of rotatable bonds is 9. The maximum absolute atomic E-state index is 13.9. The number of benzene rings is 2. The second-order valence-electron chi connectivity index (χ2n) is 8.72. The van der Waals surface area contributed by atoms with E-state index in [2.05, 4.69) is 10.6 Å². The molecule has 38 heavy (non-hydrogen) atoms. The third-order valence-electron chi connectivity index (χ3n) is 6.14. The van der Waals surface area contributed by atoms with Crippen molar-refractivity contribution in [1.29, 1.82) is 0 Å². The van der Waals surface area contributed by atoms with Crippen LogP contribution in [0.5, 0.6) is 5.75 Å². The van der Waals surface area contributed by atoms with E-state index >= 15 is 0 Å². The molecule has 202 valence electrons. The molecule has 3 amide bonds. The molecule has 0 saturated carbocycles. The summed E-state index contributed by atoms with van der Waals surface area (Å²) in [4.78, 5) is 50.0. The van der Waals surface area contributed by atoms with Gasteiger partial charge in [0.2, 0.25) is 5.91 Å². The van der Waals surface area contributed by atoms with Gasteiger partial charge in [-0.3, -0.25) is 19.8 Å². The van der Waals surface area contributed by atoms with Gasteiger partial charge in [-0.1, -0.05) is 31.6 Å². The van der Waals surface area contributed by atoms with Gasteiger partial charge in [0.15, 0.2) is 0 Å². The highest BCUT2D eigenvalue weighted by molar-refractivity contribution is 7.80. The first-order chi connectivity index (χ1) is 18.0. The Kier molecular flexibility index (Phi) is 9.29. The first-order valence-electron chi connectivity index (χ1n) is 11.8. The number of methoxy groups -OCH3 is 1. The Balaban J connectivity index is 1.87. The molecule has 2 aromatic rings. The number of urea groups is 1. The zero-order valence-corrected chi connectivity index (χ0v) is 21.5. The zero-order chi connectivity index (χ0) is 28.0. The van der Waals surface area contributed by atoms with E-state index in [0.29, 0.717) is 29.7 Å². The number of carboxylic acids is 1. The van der Waals surface area contributed by atoms with Gasteiger partial charge in [-0.25, -0.2) is 14.0 Å². The van der Waals surface area contributed by atoms with E-state index in [4.69, 9.17) is 17.0 Å². The van der Waals surface area contributed by atoms with Gasteiger partial charge in [-0.05, 0) is 48.2 Å². The van der Waals surface area contributed by atoms with Crippen LogP contribution in [0.15, 0.2) is 36.4 Å². The number of nitrogens with one attached hydrogen (secondary N) is 2. The fourth-order valence-electron chi connectivity index (χ4n) is 4.26. The summed E-state index contributed by atoms with van der Waals surface area (Å²) in [5, 5.41) is 26.4. The highest BCUT2D eigenvalue weighted by Crippen LogP contribution is 2.28. The Morgan fingerprint density at radius 1 is 1.34 bits per heavy atom. The molecule has 0 radical (unpaired) electrons. The van der Waals surface area contributed by atoms with Crippen LogP contribution in [0.2, 0.25) is 0 Å². The molecule has 2 aromatic carbocycles. The minimum absolute atomic E-state index is 0.0837. The lowest BCUT2D eigenvalue weighted by Gasteiger charge is -2.26. The summed E-state index contributed by atoms with van der Waals surface area (Å²) in [6, 6.07) is 6.08. The number of thiocarbonyl (C=S) groups is 1. The van der Waals surface area contributed by atoms with Crippen molar-refractivity contribution >= 4 is 40.8 Å². The molecule has 1 heterocycles. The first kappa shape index (κ1) is 28.4. The number of hydrogen-bond acceptors (Lipinski definition) is 7. The lowest BCUT2D eigenvalue weighted by molar-refractivity contribution is -0.385. The van der Waals surface area contributed by atoms with Crippen molar-refractivity contribution in [2.45, 2.75) is 32.2 Å². The van der Waals surface area contributed by atoms with Crippen molar-refractivity contribution in [2.24, 2.45) is 5.92 Å². The Morgan fingerprint density at radius 3 is 2.71 bits per heavy atom. The van der Waals surface area contributed by atoms with Crippen LogP contribution in [0.4, 0.5) is 14.9 Å². The molecule has 2 atom stereocenters. The predicted molar refractivity (Wildman–Crippen MR) is 139 cm³/mol. The molecule has 3 N–H and O–H groups in total. The average molecular weight is 547 g/mol. The van der Waals surface area contributed by atoms with Crippen LogP contribution in [0, 0.1) is 21.8 Å². The summed E-state index contributed by atoms with van der Waals surface area (Å²) < 4.78 is 19.2. The molecular weight excluding hydrogens is 519 g/mol. The number of carbonyl (C=O) groups is 3. The van der Waals surface area contributed by atoms with E-state index < -0.39 is 51.9 Å². The second-order valence-corrected chi connectivity index (χ2v) is 9.21. The van der Waals surface area contributed by atoms with Crippen LogP contribution in [-0.2, 0) is 11.2 Å². The normalized spacial score (nSPS) is 16.3. The summed E-state index contributed by atoms with van der Waals surface area (Å²) in [5.41, 5.74) is -0.308. The average Bonchev–Trinajstić information content (AvgIpc) is 3.01. The molecule has 0 bridgehead atoms. The molecule has 11 nitrogen and oxygen atoms in total. The Hall–Kier alpha value is -4.13. The van der Waals surface area contributed by atoms with E-state index in [1.807, 2.05) is 6.92 Å². The minimum Gasteiger partial charge on any atom is -0.496 e. The second kappa shape index (κ2) is 12.4. The summed E-state index contributed by atoms with van der Waals surface area (Å²) >= 11 is 5.27. The summed E-state index contributed by atoms with van der Waals surface area (Å²) in [7, 11) is 1.43. The van der Waals surface area contributed by atoms with Crippen LogP contribution >= 0.6 is 12.2 Å². The van der Waals surface area contributed by atoms with Crippen LogP contribution in [-0.4, -0.2) is 58.0 Å². The lowest BCUT2D eigenvalue weighted by Crippen LogP contribution is -2.48. The van der Waals surface area contributed by atoms with Gasteiger partial charge in [0.05, 0.1) is 35.5 Å². The first-order valence-corrected chi connectivity index (χ1v) is 12.2. The van der Waals surface area contributed by atoms with Crippen molar-refractivity contribution < 1.29 is 33.5 Å². The molecule has 3 rings (SSSR count).